The first-order chi connectivity index (χ1) is 7.42. The number of ether oxygens (including phenoxy) is 1. The van der Waals surface area contributed by atoms with Crippen molar-refractivity contribution in [3.8, 4) is 0 Å². The van der Waals surface area contributed by atoms with Gasteiger partial charge in [-0.25, -0.2) is 4.79 Å². The third-order valence-corrected chi connectivity index (χ3v) is 2.75. The predicted octanol–water partition coefficient (Wildman–Crippen LogP) is 1.98. The number of carbonyl (C=O) groups excluding carboxylic acids is 1. The van der Waals surface area contributed by atoms with Gasteiger partial charge in [0.05, 0.1) is 0 Å². The van der Waals surface area contributed by atoms with Crippen LogP contribution >= 0.6 is 0 Å². The van der Waals surface area contributed by atoms with Gasteiger partial charge in [-0.15, -0.1) is 0 Å². The Kier molecular flexibility index (Phi) is 4.59. The van der Waals surface area contributed by atoms with Crippen molar-refractivity contribution in [1.82, 2.24) is 4.90 Å². The third-order valence-electron chi connectivity index (χ3n) is 2.75. The highest BCUT2D eigenvalue weighted by Gasteiger charge is 2.25. The second-order valence-electron chi connectivity index (χ2n) is 5.52. The van der Waals surface area contributed by atoms with E-state index in [2.05, 4.69) is 0 Å². The smallest absolute Gasteiger partial charge is 0.410 e. The molecule has 94 valence electrons. The molecule has 0 spiro atoms. The van der Waals surface area contributed by atoms with Crippen molar-refractivity contribution in [2.24, 2.45) is 11.7 Å². The van der Waals surface area contributed by atoms with Gasteiger partial charge in [0, 0.05) is 13.1 Å². The summed E-state index contributed by atoms with van der Waals surface area (Å²) in [4.78, 5) is 13.7. The van der Waals surface area contributed by atoms with Crippen molar-refractivity contribution < 1.29 is 9.53 Å². The molecule has 1 heterocycles. The van der Waals surface area contributed by atoms with E-state index in [-0.39, 0.29) is 6.09 Å². The van der Waals surface area contributed by atoms with E-state index < -0.39 is 5.60 Å². The highest BCUT2D eigenvalue weighted by molar-refractivity contribution is 5.68. The summed E-state index contributed by atoms with van der Waals surface area (Å²) >= 11 is 0. The molecule has 1 atom stereocenters. The van der Waals surface area contributed by atoms with Gasteiger partial charge >= 0.3 is 6.09 Å². The zero-order valence-electron chi connectivity index (χ0n) is 10.7. The molecule has 0 aromatic carbocycles. The Morgan fingerprint density at radius 2 is 2.12 bits per heavy atom. The van der Waals surface area contributed by atoms with Crippen molar-refractivity contribution in [1.29, 1.82) is 0 Å². The third kappa shape index (κ3) is 4.39. The van der Waals surface area contributed by atoms with E-state index in [4.69, 9.17) is 10.5 Å². The maximum atomic E-state index is 11.9. The summed E-state index contributed by atoms with van der Waals surface area (Å²) in [6.07, 6.45) is 3.13. The normalized spacial score (nSPS) is 22.8. The second kappa shape index (κ2) is 5.53. The van der Waals surface area contributed by atoms with Crippen LogP contribution in [0.25, 0.3) is 0 Å². The summed E-state index contributed by atoms with van der Waals surface area (Å²) < 4.78 is 5.37. The highest BCUT2D eigenvalue weighted by Crippen LogP contribution is 2.18. The van der Waals surface area contributed by atoms with Crippen LogP contribution in [-0.4, -0.2) is 36.2 Å². The predicted molar refractivity (Wildman–Crippen MR) is 64.2 cm³/mol. The molecule has 16 heavy (non-hydrogen) atoms. The Morgan fingerprint density at radius 3 is 2.69 bits per heavy atom. The number of rotatable bonds is 1. The quantitative estimate of drug-likeness (QED) is 0.746. The lowest BCUT2D eigenvalue weighted by Gasteiger charge is -2.28. The van der Waals surface area contributed by atoms with Gasteiger partial charge in [-0.2, -0.15) is 0 Å². The number of amides is 1. The molecule has 0 saturated carbocycles. The van der Waals surface area contributed by atoms with E-state index in [0.717, 1.165) is 32.4 Å². The van der Waals surface area contributed by atoms with Crippen LogP contribution in [-0.2, 0) is 4.74 Å². The molecule has 0 bridgehead atoms. The fourth-order valence-corrected chi connectivity index (χ4v) is 1.91. The SMILES string of the molecule is CC(C)(C)OC(=O)N1CCCC[C@@H](CN)C1. The lowest BCUT2D eigenvalue weighted by atomic mass is 10.0. The van der Waals surface area contributed by atoms with Crippen molar-refractivity contribution in [2.45, 2.75) is 45.6 Å². The van der Waals surface area contributed by atoms with E-state index in [1.165, 1.54) is 0 Å². The molecule has 1 aliphatic heterocycles. The molecule has 1 aliphatic rings. The minimum absolute atomic E-state index is 0.201. The van der Waals surface area contributed by atoms with Crippen molar-refractivity contribution in [3.05, 3.63) is 0 Å². The fraction of sp³-hybridized carbons (Fsp3) is 0.917. The zero-order valence-corrected chi connectivity index (χ0v) is 10.7. The molecule has 0 aliphatic carbocycles. The van der Waals surface area contributed by atoms with Crippen LogP contribution in [0.1, 0.15) is 40.0 Å². The monoisotopic (exact) mass is 228 g/mol. The number of carbonyl (C=O) groups is 1. The second-order valence-corrected chi connectivity index (χ2v) is 5.52. The van der Waals surface area contributed by atoms with Gasteiger partial charge in [0.2, 0.25) is 0 Å². The summed E-state index contributed by atoms with van der Waals surface area (Å²) in [7, 11) is 0. The molecule has 4 heteroatoms. The average molecular weight is 228 g/mol. The lowest BCUT2D eigenvalue weighted by molar-refractivity contribution is 0.0236. The van der Waals surface area contributed by atoms with Gasteiger partial charge in [0.15, 0.2) is 0 Å². The van der Waals surface area contributed by atoms with Crippen molar-refractivity contribution in [2.75, 3.05) is 19.6 Å². The molecule has 2 N–H and O–H groups in total. The van der Waals surface area contributed by atoms with E-state index in [1.807, 2.05) is 20.8 Å². The summed E-state index contributed by atoms with van der Waals surface area (Å²) in [5.41, 5.74) is 5.27. The molecule has 1 saturated heterocycles. The summed E-state index contributed by atoms with van der Waals surface area (Å²) in [5.74, 6) is 0.426. The molecule has 1 fully saturated rings. The first-order valence-electron chi connectivity index (χ1n) is 6.10. The molecule has 0 radical (unpaired) electrons. The highest BCUT2D eigenvalue weighted by atomic mass is 16.6. The Bertz CT molecular complexity index is 236. The van der Waals surface area contributed by atoms with Crippen molar-refractivity contribution in [3.63, 3.8) is 0 Å². The van der Waals surface area contributed by atoms with Crippen LogP contribution in [0.3, 0.4) is 0 Å². The minimum atomic E-state index is -0.415. The Labute approximate surface area is 98.1 Å². The molecule has 0 aromatic heterocycles. The van der Waals surface area contributed by atoms with Crippen LogP contribution < -0.4 is 5.73 Å². The summed E-state index contributed by atoms with van der Waals surface area (Å²) in [5, 5.41) is 0. The van der Waals surface area contributed by atoms with E-state index in [0.29, 0.717) is 12.5 Å². The van der Waals surface area contributed by atoms with Crippen molar-refractivity contribution >= 4 is 6.09 Å². The lowest BCUT2D eigenvalue weighted by Crippen LogP contribution is -2.40. The summed E-state index contributed by atoms with van der Waals surface area (Å²) in [6, 6.07) is 0. The Hall–Kier alpha value is -0.770. The van der Waals surface area contributed by atoms with E-state index in [9.17, 15) is 4.79 Å². The molecule has 1 amide bonds. The van der Waals surface area contributed by atoms with Gasteiger partial charge in [0.1, 0.15) is 5.60 Å². The standard InChI is InChI=1S/C12H24N2O2/c1-12(2,3)16-11(15)14-7-5-4-6-10(8-13)9-14/h10H,4-9,13H2,1-3H3/t10-/m0/s1. The molecular formula is C12H24N2O2. The first kappa shape index (κ1) is 13.3. The number of hydrogen-bond donors (Lipinski definition) is 1. The van der Waals surface area contributed by atoms with Crippen LogP contribution in [0.2, 0.25) is 0 Å². The van der Waals surface area contributed by atoms with E-state index in [1.54, 1.807) is 4.90 Å². The summed E-state index contributed by atoms with van der Waals surface area (Å²) in [6.45, 7) is 7.87. The topological polar surface area (TPSA) is 55.6 Å². The van der Waals surface area contributed by atoms with Gasteiger partial charge in [-0.1, -0.05) is 6.42 Å². The Morgan fingerprint density at radius 1 is 1.44 bits per heavy atom. The van der Waals surface area contributed by atoms with Gasteiger partial charge in [-0.3, -0.25) is 0 Å². The van der Waals surface area contributed by atoms with E-state index >= 15 is 0 Å². The van der Waals surface area contributed by atoms with Gasteiger partial charge in [0.25, 0.3) is 0 Å². The molecule has 0 unspecified atom stereocenters. The minimum Gasteiger partial charge on any atom is -0.444 e. The molecule has 0 aromatic rings. The molecule has 1 rings (SSSR count). The number of nitrogens with two attached hydrogens (primary N) is 1. The number of hydrogen-bond acceptors (Lipinski definition) is 3. The maximum absolute atomic E-state index is 11.9. The largest absolute Gasteiger partial charge is 0.444 e. The molecular weight excluding hydrogens is 204 g/mol. The van der Waals surface area contributed by atoms with Gasteiger partial charge in [-0.05, 0) is 46.1 Å². The van der Waals surface area contributed by atoms with Crippen LogP contribution in [0.4, 0.5) is 4.79 Å². The molecule has 4 nitrogen and oxygen atoms in total. The van der Waals surface area contributed by atoms with Crippen LogP contribution in [0, 0.1) is 5.92 Å². The fourth-order valence-electron chi connectivity index (χ4n) is 1.91. The maximum Gasteiger partial charge on any atom is 0.410 e. The van der Waals surface area contributed by atoms with Gasteiger partial charge < -0.3 is 15.4 Å². The Balaban J connectivity index is 2.53. The number of nitrogens with zero attached hydrogens (tertiary/aromatic N) is 1. The van der Waals surface area contributed by atoms with Crippen LogP contribution in [0.15, 0.2) is 0 Å². The zero-order chi connectivity index (χ0) is 12.2. The average Bonchev–Trinajstić information content (AvgIpc) is 2.39. The van der Waals surface area contributed by atoms with Crippen LogP contribution in [0.5, 0.6) is 0 Å². The number of likely N-dealkylation sites (tertiary alicyclic amines) is 1. The first-order valence-corrected chi connectivity index (χ1v) is 6.10.